The number of carbonyl (C=O) groups is 1. The van der Waals surface area contributed by atoms with Crippen LogP contribution in [0.5, 0.6) is 11.5 Å². The van der Waals surface area contributed by atoms with E-state index in [2.05, 4.69) is 22.5 Å². The number of aromatic nitrogens is 1. The molecule has 2 aliphatic rings. The van der Waals surface area contributed by atoms with Gasteiger partial charge in [-0.05, 0) is 37.1 Å². The molecule has 1 saturated heterocycles. The van der Waals surface area contributed by atoms with Crippen LogP contribution in [-0.4, -0.2) is 36.8 Å². The SMILES string of the molecule is CC1CCNCC1NC(=O)c1cnc(-c2ccc3c(c2)OCO3)s1. The van der Waals surface area contributed by atoms with Gasteiger partial charge in [0, 0.05) is 18.2 Å². The Labute approximate surface area is 144 Å². The minimum absolute atomic E-state index is 0.0555. The number of amides is 1. The van der Waals surface area contributed by atoms with Gasteiger partial charge in [-0.1, -0.05) is 6.92 Å². The van der Waals surface area contributed by atoms with E-state index in [-0.39, 0.29) is 18.7 Å². The summed E-state index contributed by atoms with van der Waals surface area (Å²) in [7, 11) is 0. The summed E-state index contributed by atoms with van der Waals surface area (Å²) in [6, 6.07) is 5.87. The molecule has 1 amide bonds. The van der Waals surface area contributed by atoms with Crippen LogP contribution >= 0.6 is 11.3 Å². The number of benzene rings is 1. The molecule has 0 spiro atoms. The number of fused-ring (bicyclic) bond motifs is 1. The summed E-state index contributed by atoms with van der Waals surface area (Å²) in [6.07, 6.45) is 2.72. The Balaban J connectivity index is 1.49. The molecule has 3 heterocycles. The van der Waals surface area contributed by atoms with E-state index in [1.54, 1.807) is 6.20 Å². The largest absolute Gasteiger partial charge is 0.454 e. The Morgan fingerprint density at radius 2 is 2.25 bits per heavy atom. The lowest BCUT2D eigenvalue weighted by atomic mass is 9.95. The Morgan fingerprint density at radius 1 is 1.38 bits per heavy atom. The first-order valence-corrected chi connectivity index (χ1v) is 8.90. The minimum atomic E-state index is -0.0555. The van der Waals surface area contributed by atoms with Crippen molar-refractivity contribution >= 4 is 17.2 Å². The molecule has 6 nitrogen and oxygen atoms in total. The third-order valence-corrected chi connectivity index (χ3v) is 5.54. The Kier molecular flexibility index (Phi) is 4.12. The van der Waals surface area contributed by atoms with Crippen molar-refractivity contribution in [3.63, 3.8) is 0 Å². The zero-order chi connectivity index (χ0) is 16.5. The van der Waals surface area contributed by atoms with E-state index in [9.17, 15) is 4.79 Å². The van der Waals surface area contributed by atoms with E-state index >= 15 is 0 Å². The molecule has 2 atom stereocenters. The van der Waals surface area contributed by atoms with E-state index < -0.39 is 0 Å². The average Bonchev–Trinajstić information content (AvgIpc) is 3.25. The fourth-order valence-electron chi connectivity index (χ4n) is 2.96. The van der Waals surface area contributed by atoms with Gasteiger partial charge in [0.05, 0.1) is 6.20 Å². The zero-order valence-corrected chi connectivity index (χ0v) is 14.2. The number of piperidine rings is 1. The normalized spacial score (nSPS) is 22.4. The Bertz CT molecular complexity index is 761. The van der Waals surface area contributed by atoms with Gasteiger partial charge in [0.15, 0.2) is 11.5 Å². The standard InChI is InChI=1S/C17H19N3O3S/c1-10-4-5-18-7-12(10)20-16(21)15-8-19-17(24-15)11-2-3-13-14(6-11)23-9-22-13/h2-3,6,8,10,12,18H,4-5,7,9H2,1H3,(H,20,21). The second kappa shape index (κ2) is 6.41. The van der Waals surface area contributed by atoms with Gasteiger partial charge in [0.1, 0.15) is 9.88 Å². The highest BCUT2D eigenvalue weighted by Crippen LogP contribution is 2.37. The van der Waals surface area contributed by atoms with Gasteiger partial charge in [-0.15, -0.1) is 11.3 Å². The minimum Gasteiger partial charge on any atom is -0.454 e. The number of nitrogens with zero attached hydrogens (tertiary/aromatic N) is 1. The molecule has 2 unspecified atom stereocenters. The van der Waals surface area contributed by atoms with E-state index in [0.717, 1.165) is 41.6 Å². The van der Waals surface area contributed by atoms with Crippen molar-refractivity contribution in [3.8, 4) is 22.1 Å². The summed E-state index contributed by atoms with van der Waals surface area (Å²) in [5, 5.41) is 7.24. The molecular weight excluding hydrogens is 326 g/mol. The van der Waals surface area contributed by atoms with Crippen LogP contribution in [0, 0.1) is 5.92 Å². The summed E-state index contributed by atoms with van der Waals surface area (Å²) in [6.45, 7) is 4.26. The lowest BCUT2D eigenvalue weighted by molar-refractivity contribution is 0.0919. The first-order chi connectivity index (χ1) is 11.7. The molecule has 126 valence electrons. The van der Waals surface area contributed by atoms with Crippen LogP contribution in [0.1, 0.15) is 23.0 Å². The highest BCUT2D eigenvalue weighted by molar-refractivity contribution is 7.16. The Hall–Kier alpha value is -2.12. The molecule has 2 N–H and O–H groups in total. The number of hydrogen-bond acceptors (Lipinski definition) is 6. The molecule has 0 bridgehead atoms. The lowest BCUT2D eigenvalue weighted by Crippen LogP contribution is -2.50. The second-order valence-electron chi connectivity index (χ2n) is 6.15. The van der Waals surface area contributed by atoms with Gasteiger partial charge in [0.2, 0.25) is 6.79 Å². The topological polar surface area (TPSA) is 72.5 Å². The summed E-state index contributed by atoms with van der Waals surface area (Å²) in [5.74, 6) is 1.89. The van der Waals surface area contributed by atoms with E-state index in [4.69, 9.17) is 9.47 Å². The number of ether oxygens (including phenoxy) is 2. The first kappa shape index (κ1) is 15.4. The van der Waals surface area contributed by atoms with Crippen LogP contribution in [0.2, 0.25) is 0 Å². The van der Waals surface area contributed by atoms with Crippen LogP contribution in [0.4, 0.5) is 0 Å². The van der Waals surface area contributed by atoms with Crippen LogP contribution < -0.4 is 20.1 Å². The van der Waals surface area contributed by atoms with Crippen molar-refractivity contribution in [1.29, 1.82) is 0 Å². The third kappa shape index (κ3) is 2.97. The smallest absolute Gasteiger partial charge is 0.263 e. The van der Waals surface area contributed by atoms with Gasteiger partial charge < -0.3 is 20.1 Å². The maximum atomic E-state index is 12.5. The molecule has 0 aliphatic carbocycles. The van der Waals surface area contributed by atoms with Gasteiger partial charge in [0.25, 0.3) is 5.91 Å². The predicted molar refractivity (Wildman–Crippen MR) is 91.6 cm³/mol. The Morgan fingerprint density at radius 3 is 3.12 bits per heavy atom. The van der Waals surface area contributed by atoms with Crippen LogP contribution in [0.15, 0.2) is 24.4 Å². The van der Waals surface area contributed by atoms with E-state index in [1.165, 1.54) is 11.3 Å². The van der Waals surface area contributed by atoms with Crippen molar-refractivity contribution in [2.24, 2.45) is 5.92 Å². The zero-order valence-electron chi connectivity index (χ0n) is 13.4. The van der Waals surface area contributed by atoms with Crippen molar-refractivity contribution < 1.29 is 14.3 Å². The third-order valence-electron chi connectivity index (χ3n) is 4.49. The van der Waals surface area contributed by atoms with Gasteiger partial charge in [-0.2, -0.15) is 0 Å². The molecule has 7 heteroatoms. The highest BCUT2D eigenvalue weighted by atomic mass is 32.1. The number of rotatable bonds is 3. The summed E-state index contributed by atoms with van der Waals surface area (Å²) >= 11 is 1.39. The van der Waals surface area contributed by atoms with Crippen LogP contribution in [0.25, 0.3) is 10.6 Å². The van der Waals surface area contributed by atoms with Gasteiger partial charge >= 0.3 is 0 Å². The summed E-state index contributed by atoms with van der Waals surface area (Å²) in [4.78, 5) is 17.5. The first-order valence-electron chi connectivity index (χ1n) is 8.08. The number of hydrogen-bond donors (Lipinski definition) is 2. The van der Waals surface area contributed by atoms with Gasteiger partial charge in [-0.3, -0.25) is 4.79 Å². The van der Waals surface area contributed by atoms with Crippen molar-refractivity contribution in [1.82, 2.24) is 15.6 Å². The maximum absolute atomic E-state index is 12.5. The fourth-order valence-corrected chi connectivity index (χ4v) is 3.78. The molecule has 24 heavy (non-hydrogen) atoms. The molecule has 1 aromatic carbocycles. The predicted octanol–water partition coefficient (Wildman–Crippen LogP) is 2.27. The second-order valence-corrected chi connectivity index (χ2v) is 7.18. The average molecular weight is 345 g/mol. The molecule has 1 fully saturated rings. The number of nitrogens with one attached hydrogen (secondary N) is 2. The highest BCUT2D eigenvalue weighted by Gasteiger charge is 2.24. The molecule has 1 aromatic heterocycles. The van der Waals surface area contributed by atoms with Gasteiger partial charge in [-0.25, -0.2) is 4.98 Å². The van der Waals surface area contributed by atoms with Crippen molar-refractivity contribution in [3.05, 3.63) is 29.3 Å². The van der Waals surface area contributed by atoms with E-state index in [0.29, 0.717) is 10.8 Å². The monoisotopic (exact) mass is 345 g/mol. The maximum Gasteiger partial charge on any atom is 0.263 e. The molecule has 4 rings (SSSR count). The van der Waals surface area contributed by atoms with Crippen LogP contribution in [0.3, 0.4) is 0 Å². The fraction of sp³-hybridized carbons (Fsp3) is 0.412. The number of thiazole rings is 1. The lowest BCUT2D eigenvalue weighted by Gasteiger charge is -2.29. The van der Waals surface area contributed by atoms with Crippen LogP contribution in [-0.2, 0) is 0 Å². The molecule has 0 saturated carbocycles. The summed E-state index contributed by atoms with van der Waals surface area (Å²) in [5.41, 5.74) is 0.927. The van der Waals surface area contributed by atoms with E-state index in [1.807, 2.05) is 18.2 Å². The molecular formula is C17H19N3O3S. The number of carbonyl (C=O) groups excluding carboxylic acids is 1. The molecule has 0 radical (unpaired) electrons. The summed E-state index contributed by atoms with van der Waals surface area (Å²) < 4.78 is 10.7. The quantitative estimate of drug-likeness (QED) is 0.893. The molecule has 2 aliphatic heterocycles. The molecule has 2 aromatic rings. The van der Waals surface area contributed by atoms with Crippen molar-refractivity contribution in [2.45, 2.75) is 19.4 Å². The van der Waals surface area contributed by atoms with Crippen molar-refractivity contribution in [2.75, 3.05) is 19.9 Å².